The second kappa shape index (κ2) is 7.89. The zero-order chi connectivity index (χ0) is 20.4. The summed E-state index contributed by atoms with van der Waals surface area (Å²) >= 11 is 1.04. The molecule has 146 valence electrons. The van der Waals surface area contributed by atoms with Crippen molar-refractivity contribution in [2.45, 2.75) is 27.4 Å². The van der Waals surface area contributed by atoms with Crippen molar-refractivity contribution >= 4 is 33.5 Å². The maximum atomic E-state index is 13.6. The smallest absolute Gasteiger partial charge is 0.348 e. The number of benzene rings is 1. The minimum Gasteiger partial charge on any atom is -0.462 e. The number of aromatic amines is 1. The summed E-state index contributed by atoms with van der Waals surface area (Å²) in [5.41, 5.74) is 0.522. The van der Waals surface area contributed by atoms with E-state index in [1.807, 2.05) is 0 Å². The molecule has 7 nitrogen and oxygen atoms in total. The first-order chi connectivity index (χ1) is 13.3. The standard InChI is InChI=1S/C19H17FN2O5S/c1-4-26-19(25)15-10(3)14-16(23)21-13(22-17(14)28-15)8-27-18(24)11-6-5-9(2)12(20)7-11/h5-7H,4,8H2,1-3H3,(H,21,22,23). The van der Waals surface area contributed by atoms with Crippen LogP contribution in [0.15, 0.2) is 23.0 Å². The van der Waals surface area contributed by atoms with E-state index in [2.05, 4.69) is 9.97 Å². The van der Waals surface area contributed by atoms with E-state index in [9.17, 15) is 18.8 Å². The molecule has 0 saturated heterocycles. The van der Waals surface area contributed by atoms with E-state index in [0.29, 0.717) is 26.2 Å². The summed E-state index contributed by atoms with van der Waals surface area (Å²) < 4.78 is 23.7. The minimum atomic E-state index is -0.740. The Balaban J connectivity index is 1.84. The number of carbonyl (C=O) groups is 2. The average Bonchev–Trinajstić information content (AvgIpc) is 2.99. The number of halogens is 1. The highest BCUT2D eigenvalue weighted by molar-refractivity contribution is 7.20. The summed E-state index contributed by atoms with van der Waals surface area (Å²) in [6.07, 6.45) is 0. The van der Waals surface area contributed by atoms with Gasteiger partial charge in [-0.25, -0.2) is 19.0 Å². The number of ether oxygens (including phenoxy) is 2. The molecule has 0 aliphatic heterocycles. The lowest BCUT2D eigenvalue weighted by molar-refractivity contribution is 0.0460. The summed E-state index contributed by atoms with van der Waals surface area (Å²) in [6, 6.07) is 4.02. The second-order valence-electron chi connectivity index (χ2n) is 6.01. The summed E-state index contributed by atoms with van der Waals surface area (Å²) in [5.74, 6) is -1.65. The number of carbonyl (C=O) groups excluding carboxylic acids is 2. The Bertz CT molecular complexity index is 1140. The maximum Gasteiger partial charge on any atom is 0.348 e. The quantitative estimate of drug-likeness (QED) is 0.656. The van der Waals surface area contributed by atoms with Crippen LogP contribution in [0, 0.1) is 19.7 Å². The third-order valence-electron chi connectivity index (χ3n) is 4.06. The number of nitrogens with one attached hydrogen (secondary N) is 1. The van der Waals surface area contributed by atoms with Crippen molar-refractivity contribution in [2.24, 2.45) is 0 Å². The Labute approximate surface area is 163 Å². The fourth-order valence-electron chi connectivity index (χ4n) is 2.59. The Kier molecular flexibility index (Phi) is 5.55. The predicted octanol–water partition coefficient (Wildman–Crippen LogP) is 3.27. The molecule has 9 heteroatoms. The topological polar surface area (TPSA) is 98.3 Å². The van der Waals surface area contributed by atoms with Crippen molar-refractivity contribution < 1.29 is 23.5 Å². The molecule has 0 saturated carbocycles. The minimum absolute atomic E-state index is 0.0584. The number of nitrogens with zero attached hydrogens (tertiary/aromatic N) is 1. The molecule has 0 fully saturated rings. The molecule has 0 atom stereocenters. The van der Waals surface area contributed by atoms with Gasteiger partial charge in [0.1, 0.15) is 28.0 Å². The molecule has 0 unspecified atom stereocenters. The molecule has 3 aromatic rings. The van der Waals surface area contributed by atoms with Crippen molar-refractivity contribution in [3.63, 3.8) is 0 Å². The lowest BCUT2D eigenvalue weighted by Crippen LogP contribution is -2.14. The number of hydrogen-bond acceptors (Lipinski definition) is 7. The Morgan fingerprint density at radius 3 is 2.64 bits per heavy atom. The predicted molar refractivity (Wildman–Crippen MR) is 101 cm³/mol. The molecule has 0 amide bonds. The summed E-state index contributed by atoms with van der Waals surface area (Å²) in [5, 5.41) is 0.295. The Hall–Kier alpha value is -3.07. The fourth-order valence-corrected chi connectivity index (χ4v) is 3.68. The van der Waals surface area contributed by atoms with Crippen LogP contribution in [0.4, 0.5) is 4.39 Å². The van der Waals surface area contributed by atoms with E-state index >= 15 is 0 Å². The zero-order valence-electron chi connectivity index (χ0n) is 15.4. The molecule has 3 rings (SSSR count). The van der Waals surface area contributed by atoms with Crippen LogP contribution < -0.4 is 5.56 Å². The third kappa shape index (κ3) is 3.79. The van der Waals surface area contributed by atoms with Gasteiger partial charge in [0.2, 0.25) is 0 Å². The molecule has 0 spiro atoms. The van der Waals surface area contributed by atoms with E-state index < -0.39 is 23.3 Å². The van der Waals surface area contributed by atoms with Gasteiger partial charge >= 0.3 is 11.9 Å². The largest absolute Gasteiger partial charge is 0.462 e. The first-order valence-corrected chi connectivity index (χ1v) is 9.26. The van der Waals surface area contributed by atoms with Crippen molar-refractivity contribution in [3.05, 3.63) is 61.8 Å². The van der Waals surface area contributed by atoms with Gasteiger partial charge < -0.3 is 14.5 Å². The molecule has 28 heavy (non-hydrogen) atoms. The number of hydrogen-bond donors (Lipinski definition) is 1. The van der Waals surface area contributed by atoms with E-state index in [1.165, 1.54) is 12.1 Å². The number of thiophene rings is 1. The van der Waals surface area contributed by atoms with Crippen LogP contribution >= 0.6 is 11.3 Å². The van der Waals surface area contributed by atoms with Gasteiger partial charge in [0, 0.05) is 0 Å². The molecule has 0 aliphatic rings. The van der Waals surface area contributed by atoms with Gasteiger partial charge in [-0.05, 0) is 44.0 Å². The molecule has 0 bridgehead atoms. The first kappa shape index (κ1) is 19.7. The van der Waals surface area contributed by atoms with Crippen LogP contribution in [0.1, 0.15) is 43.9 Å². The number of rotatable bonds is 5. The molecule has 1 aromatic carbocycles. The number of aromatic nitrogens is 2. The van der Waals surface area contributed by atoms with Crippen LogP contribution in [-0.2, 0) is 16.1 Å². The molecule has 2 aromatic heterocycles. The van der Waals surface area contributed by atoms with Gasteiger partial charge in [0.05, 0.1) is 17.6 Å². The summed E-state index contributed by atoms with van der Waals surface area (Å²) in [4.78, 5) is 43.9. The Morgan fingerprint density at radius 1 is 1.21 bits per heavy atom. The summed E-state index contributed by atoms with van der Waals surface area (Å²) in [7, 11) is 0. The summed E-state index contributed by atoms with van der Waals surface area (Å²) in [6.45, 7) is 4.84. The van der Waals surface area contributed by atoms with Crippen molar-refractivity contribution in [1.29, 1.82) is 0 Å². The van der Waals surface area contributed by atoms with Gasteiger partial charge in [0.25, 0.3) is 5.56 Å². The van der Waals surface area contributed by atoms with Crippen LogP contribution in [0.25, 0.3) is 10.2 Å². The molecule has 0 aliphatic carbocycles. The van der Waals surface area contributed by atoms with Crippen LogP contribution in [-0.4, -0.2) is 28.5 Å². The number of fused-ring (bicyclic) bond motifs is 1. The highest BCUT2D eigenvalue weighted by atomic mass is 32.1. The van der Waals surface area contributed by atoms with Gasteiger partial charge in [-0.15, -0.1) is 11.3 Å². The van der Waals surface area contributed by atoms with Crippen LogP contribution in [0.3, 0.4) is 0 Å². The molecule has 2 heterocycles. The van der Waals surface area contributed by atoms with E-state index in [0.717, 1.165) is 17.4 Å². The zero-order valence-corrected chi connectivity index (χ0v) is 16.2. The number of aryl methyl sites for hydroxylation is 2. The van der Waals surface area contributed by atoms with E-state index in [1.54, 1.807) is 20.8 Å². The fraction of sp³-hybridized carbons (Fsp3) is 0.263. The molecule has 1 N–H and O–H groups in total. The van der Waals surface area contributed by atoms with E-state index in [4.69, 9.17) is 9.47 Å². The lowest BCUT2D eigenvalue weighted by atomic mass is 10.1. The third-order valence-corrected chi connectivity index (χ3v) is 5.22. The monoisotopic (exact) mass is 404 g/mol. The SMILES string of the molecule is CCOC(=O)c1sc2nc(COC(=O)c3ccc(C)c(F)c3)[nH]c(=O)c2c1C. The van der Waals surface area contributed by atoms with Crippen LogP contribution in [0.2, 0.25) is 0 Å². The molecular formula is C19H17FN2O5S. The van der Waals surface area contributed by atoms with Gasteiger partial charge in [-0.1, -0.05) is 6.07 Å². The van der Waals surface area contributed by atoms with Crippen molar-refractivity contribution in [1.82, 2.24) is 9.97 Å². The lowest BCUT2D eigenvalue weighted by Gasteiger charge is -2.05. The van der Waals surface area contributed by atoms with Crippen LogP contribution in [0.5, 0.6) is 0 Å². The number of H-pyrrole nitrogens is 1. The van der Waals surface area contributed by atoms with Crippen molar-refractivity contribution in [2.75, 3.05) is 6.61 Å². The van der Waals surface area contributed by atoms with E-state index in [-0.39, 0.29) is 24.6 Å². The normalized spacial score (nSPS) is 10.9. The van der Waals surface area contributed by atoms with Crippen molar-refractivity contribution in [3.8, 4) is 0 Å². The Morgan fingerprint density at radius 2 is 1.96 bits per heavy atom. The maximum absolute atomic E-state index is 13.6. The highest BCUT2D eigenvalue weighted by Gasteiger charge is 2.20. The highest BCUT2D eigenvalue weighted by Crippen LogP contribution is 2.27. The molecular weight excluding hydrogens is 387 g/mol. The average molecular weight is 404 g/mol. The number of esters is 2. The van der Waals surface area contributed by atoms with Gasteiger partial charge in [0.15, 0.2) is 0 Å². The first-order valence-electron chi connectivity index (χ1n) is 8.44. The molecule has 0 radical (unpaired) electrons. The van der Waals surface area contributed by atoms with Gasteiger partial charge in [-0.2, -0.15) is 0 Å². The second-order valence-corrected chi connectivity index (χ2v) is 7.01. The van der Waals surface area contributed by atoms with Gasteiger partial charge in [-0.3, -0.25) is 4.79 Å².